The van der Waals surface area contributed by atoms with Crippen LogP contribution in [0.25, 0.3) is 17.1 Å². The molecule has 0 spiro atoms. The van der Waals surface area contributed by atoms with Gasteiger partial charge in [-0.15, -0.1) is 10.2 Å². The Kier molecular flexibility index (Phi) is 4.20. The Bertz CT molecular complexity index is 786. The van der Waals surface area contributed by atoms with E-state index >= 15 is 0 Å². The third kappa shape index (κ3) is 2.62. The fourth-order valence-corrected chi connectivity index (χ4v) is 2.79. The van der Waals surface area contributed by atoms with Crippen LogP contribution in [0.5, 0.6) is 0 Å². The van der Waals surface area contributed by atoms with Crippen LogP contribution in [-0.4, -0.2) is 26.0 Å². The van der Waals surface area contributed by atoms with E-state index in [1.165, 1.54) is 17.8 Å². The van der Waals surface area contributed by atoms with Gasteiger partial charge in [0.15, 0.2) is 11.0 Å². The Labute approximate surface area is 132 Å². The van der Waals surface area contributed by atoms with Crippen LogP contribution in [0, 0.1) is 5.82 Å². The molecule has 6 heteroatoms. The van der Waals surface area contributed by atoms with Crippen LogP contribution in [0.1, 0.15) is 12.5 Å². The molecule has 0 bridgehead atoms. The summed E-state index contributed by atoms with van der Waals surface area (Å²) in [6.45, 7) is 1.94. The Morgan fingerprint density at radius 2 is 1.91 bits per heavy atom. The van der Waals surface area contributed by atoms with Gasteiger partial charge in [0.2, 0.25) is 0 Å². The van der Waals surface area contributed by atoms with Crippen LogP contribution < -0.4 is 0 Å². The van der Waals surface area contributed by atoms with E-state index in [-0.39, 0.29) is 5.82 Å². The molecule has 0 aliphatic rings. The topological polar surface area (TPSA) is 43.6 Å². The van der Waals surface area contributed by atoms with Crippen LogP contribution in [0.15, 0.2) is 47.9 Å². The third-order valence-corrected chi connectivity index (χ3v) is 4.05. The number of rotatable bonds is 4. The first-order valence-electron chi connectivity index (χ1n) is 6.93. The SMILES string of the molecule is CCc1cc(-n2c(SC)nnc2-c2ccncc2)ccc1F. The number of nitrogens with zero attached hydrogens (tertiary/aromatic N) is 4. The quantitative estimate of drug-likeness (QED) is 0.688. The van der Waals surface area contributed by atoms with Gasteiger partial charge in [-0.25, -0.2) is 4.39 Å². The van der Waals surface area contributed by atoms with Crippen LogP contribution in [0.3, 0.4) is 0 Å². The van der Waals surface area contributed by atoms with Gasteiger partial charge in [0.05, 0.1) is 5.69 Å². The van der Waals surface area contributed by atoms with E-state index in [9.17, 15) is 4.39 Å². The van der Waals surface area contributed by atoms with Crippen molar-refractivity contribution in [2.24, 2.45) is 0 Å². The average Bonchev–Trinajstić information content (AvgIpc) is 3.00. The third-order valence-electron chi connectivity index (χ3n) is 3.42. The molecule has 3 rings (SSSR count). The van der Waals surface area contributed by atoms with Gasteiger partial charge in [-0.3, -0.25) is 9.55 Å². The van der Waals surface area contributed by atoms with Crippen molar-refractivity contribution in [1.29, 1.82) is 0 Å². The van der Waals surface area contributed by atoms with Crippen molar-refractivity contribution in [1.82, 2.24) is 19.7 Å². The minimum Gasteiger partial charge on any atom is -0.270 e. The van der Waals surface area contributed by atoms with Gasteiger partial charge in [-0.2, -0.15) is 0 Å². The first-order valence-corrected chi connectivity index (χ1v) is 8.15. The fraction of sp³-hybridized carbons (Fsp3) is 0.188. The standard InChI is InChI=1S/C16H15FN4S/c1-3-11-10-13(4-5-14(11)17)21-15(19-20-16(21)22-2)12-6-8-18-9-7-12/h4-10H,3H2,1-2H3. The van der Waals surface area contributed by atoms with E-state index in [4.69, 9.17) is 0 Å². The number of aryl methyl sites for hydroxylation is 1. The van der Waals surface area contributed by atoms with Crippen molar-refractivity contribution in [2.45, 2.75) is 18.5 Å². The van der Waals surface area contributed by atoms with E-state index in [2.05, 4.69) is 15.2 Å². The van der Waals surface area contributed by atoms with Crippen LogP contribution in [0.4, 0.5) is 4.39 Å². The van der Waals surface area contributed by atoms with Crippen molar-refractivity contribution in [3.8, 4) is 17.1 Å². The molecule has 0 atom stereocenters. The summed E-state index contributed by atoms with van der Waals surface area (Å²) in [6, 6.07) is 8.86. The summed E-state index contributed by atoms with van der Waals surface area (Å²) in [4.78, 5) is 4.03. The molecule has 22 heavy (non-hydrogen) atoms. The Hall–Kier alpha value is -2.21. The highest BCUT2D eigenvalue weighted by molar-refractivity contribution is 7.98. The molecule has 0 unspecified atom stereocenters. The molecule has 0 amide bonds. The van der Waals surface area contributed by atoms with E-state index in [0.717, 1.165) is 22.2 Å². The van der Waals surface area contributed by atoms with Crippen molar-refractivity contribution in [3.05, 3.63) is 54.1 Å². The van der Waals surface area contributed by atoms with Crippen LogP contribution in [0.2, 0.25) is 0 Å². The highest BCUT2D eigenvalue weighted by atomic mass is 32.2. The molecule has 2 aromatic heterocycles. The van der Waals surface area contributed by atoms with Crippen molar-refractivity contribution in [3.63, 3.8) is 0 Å². The monoisotopic (exact) mass is 314 g/mol. The maximum absolute atomic E-state index is 13.8. The molecule has 112 valence electrons. The Morgan fingerprint density at radius 1 is 1.14 bits per heavy atom. The zero-order chi connectivity index (χ0) is 15.5. The summed E-state index contributed by atoms with van der Waals surface area (Å²) in [5, 5.41) is 9.27. The molecule has 0 aliphatic heterocycles. The number of benzene rings is 1. The van der Waals surface area contributed by atoms with Crippen LogP contribution in [-0.2, 0) is 6.42 Å². The summed E-state index contributed by atoms with van der Waals surface area (Å²) in [6.07, 6.45) is 6.02. The van der Waals surface area contributed by atoms with Gasteiger partial charge in [0, 0.05) is 18.0 Å². The molecule has 0 fully saturated rings. The molecular formula is C16H15FN4S. The van der Waals surface area contributed by atoms with Crippen LogP contribution >= 0.6 is 11.8 Å². The lowest BCUT2D eigenvalue weighted by Crippen LogP contribution is -2.01. The highest BCUT2D eigenvalue weighted by Gasteiger charge is 2.16. The summed E-state index contributed by atoms with van der Waals surface area (Å²) in [7, 11) is 0. The lowest BCUT2D eigenvalue weighted by atomic mass is 10.1. The number of hydrogen-bond donors (Lipinski definition) is 0. The summed E-state index contributed by atoms with van der Waals surface area (Å²) >= 11 is 1.50. The van der Waals surface area contributed by atoms with Crippen molar-refractivity contribution < 1.29 is 4.39 Å². The molecule has 0 saturated heterocycles. The molecule has 0 radical (unpaired) electrons. The van der Waals surface area contributed by atoms with E-state index in [1.807, 2.05) is 35.9 Å². The number of thioether (sulfide) groups is 1. The van der Waals surface area contributed by atoms with Crippen molar-refractivity contribution in [2.75, 3.05) is 6.26 Å². The maximum atomic E-state index is 13.8. The molecule has 2 heterocycles. The first-order chi connectivity index (χ1) is 10.7. The van der Waals surface area contributed by atoms with E-state index < -0.39 is 0 Å². The lowest BCUT2D eigenvalue weighted by molar-refractivity contribution is 0.611. The second kappa shape index (κ2) is 6.27. The minimum absolute atomic E-state index is 0.185. The van der Waals surface area contributed by atoms with Gasteiger partial charge in [0.25, 0.3) is 0 Å². The summed E-state index contributed by atoms with van der Waals surface area (Å²) in [5.41, 5.74) is 2.46. The first kappa shape index (κ1) is 14.7. The zero-order valence-corrected chi connectivity index (χ0v) is 13.1. The van der Waals surface area contributed by atoms with E-state index in [0.29, 0.717) is 12.0 Å². The van der Waals surface area contributed by atoms with E-state index in [1.54, 1.807) is 18.5 Å². The maximum Gasteiger partial charge on any atom is 0.195 e. The van der Waals surface area contributed by atoms with Gasteiger partial charge in [0.1, 0.15) is 5.82 Å². The molecule has 0 aliphatic carbocycles. The largest absolute Gasteiger partial charge is 0.270 e. The Morgan fingerprint density at radius 3 is 2.59 bits per heavy atom. The van der Waals surface area contributed by atoms with Crippen molar-refractivity contribution >= 4 is 11.8 Å². The average molecular weight is 314 g/mol. The molecule has 4 nitrogen and oxygen atoms in total. The summed E-state index contributed by atoms with van der Waals surface area (Å²) < 4.78 is 15.7. The second-order valence-electron chi connectivity index (χ2n) is 4.71. The summed E-state index contributed by atoms with van der Waals surface area (Å²) in [5.74, 6) is 0.538. The highest BCUT2D eigenvalue weighted by Crippen LogP contribution is 2.27. The molecule has 1 aromatic carbocycles. The Balaban J connectivity index is 2.19. The molecule has 3 aromatic rings. The van der Waals surface area contributed by atoms with Gasteiger partial charge in [-0.05, 0) is 48.6 Å². The molecule has 0 N–H and O–H groups in total. The normalized spacial score (nSPS) is 10.9. The number of halogens is 1. The smallest absolute Gasteiger partial charge is 0.195 e. The second-order valence-corrected chi connectivity index (χ2v) is 5.48. The van der Waals surface area contributed by atoms with Gasteiger partial charge < -0.3 is 0 Å². The number of aromatic nitrogens is 4. The minimum atomic E-state index is -0.185. The predicted octanol–water partition coefficient (Wildman–Crippen LogP) is 3.75. The number of hydrogen-bond acceptors (Lipinski definition) is 4. The number of pyridine rings is 1. The zero-order valence-electron chi connectivity index (χ0n) is 12.3. The lowest BCUT2D eigenvalue weighted by Gasteiger charge is -2.11. The molecule has 0 saturated carbocycles. The predicted molar refractivity (Wildman–Crippen MR) is 85.7 cm³/mol. The fourth-order valence-electron chi connectivity index (χ4n) is 2.29. The molecular weight excluding hydrogens is 299 g/mol. The van der Waals surface area contributed by atoms with Gasteiger partial charge >= 0.3 is 0 Å². The van der Waals surface area contributed by atoms with Gasteiger partial charge in [-0.1, -0.05) is 18.7 Å².